The molecule has 0 bridgehead atoms. The fraction of sp³-hybridized carbons (Fsp3) is 0.400. The Morgan fingerprint density at radius 3 is 1.36 bits per heavy atom. The zero-order valence-corrected chi connectivity index (χ0v) is 42.3. The number of aromatic nitrogens is 4. The molecule has 4 unspecified atom stereocenters. The third kappa shape index (κ3) is 11.2. The number of carbonyl (C=O) groups is 2. The summed E-state index contributed by atoms with van der Waals surface area (Å²) in [5.41, 5.74) is 10.6. The summed E-state index contributed by atoms with van der Waals surface area (Å²) in [6.07, 6.45) is 6.42. The van der Waals surface area contributed by atoms with Crippen LogP contribution in [-0.2, 0) is 9.59 Å². The summed E-state index contributed by atoms with van der Waals surface area (Å²) in [7, 11) is 13.3. The normalized spacial score (nSPS) is 19.5. The number of hydrogen-bond donors (Lipinski definition) is 3. The van der Waals surface area contributed by atoms with E-state index in [4.69, 9.17) is 76.1 Å². The van der Waals surface area contributed by atoms with Crippen molar-refractivity contribution in [1.82, 2.24) is 29.7 Å². The molecule has 368 valence electrons. The molecule has 6 aromatic rings. The molecule has 2 fully saturated rings. The molecule has 0 spiro atoms. The maximum atomic E-state index is 12.4. The summed E-state index contributed by atoms with van der Waals surface area (Å²) in [6.45, 7) is 2.16. The van der Waals surface area contributed by atoms with Gasteiger partial charge < -0.3 is 45.1 Å². The van der Waals surface area contributed by atoms with Crippen LogP contribution < -0.4 is 35.3 Å². The standard InChI is InChI=1S/C25H28Cl2N4O3.C24H27Cl2N5O3.CH4/c1-13-8-15(24(32)31(2)3)10-18(13)30-25-28-12-16-9-14(6-7-17(16)29-25)21-22(26)19(33-4)11-20(34-5)23(21)27;1-31(2)23(32)13-8-15(27)17(9-13)30-24-28-11-14-7-12(5-6-16(14)29-24)20-21(25)18(33-3)10-19(34-4)22(20)26;/h6-7,9,11-13,15,18H,8,10H2,1-5H3,(H,28,29,30);5-7,10-11,13,15,17H,8-9,27H2,1-4H3,(H,28,29,30);1H4/t13?,15-,18?;13-,15?,17?;/m00./s1. The highest BCUT2D eigenvalue weighted by atomic mass is 35.5. The molecule has 8 rings (SSSR count). The third-order valence-corrected chi connectivity index (χ3v) is 14.1. The lowest BCUT2D eigenvalue weighted by molar-refractivity contribution is -0.133. The fourth-order valence-corrected chi connectivity index (χ4v) is 10.4. The van der Waals surface area contributed by atoms with Gasteiger partial charge in [-0.1, -0.05) is 72.9 Å². The Kier molecular flexibility index (Phi) is 17.2. The zero-order valence-electron chi connectivity index (χ0n) is 39.3. The summed E-state index contributed by atoms with van der Waals surface area (Å²) in [5, 5.41) is 10.00. The van der Waals surface area contributed by atoms with Gasteiger partial charge in [0.05, 0.1) is 59.6 Å². The van der Waals surface area contributed by atoms with Gasteiger partial charge in [-0.2, -0.15) is 0 Å². The van der Waals surface area contributed by atoms with Crippen molar-refractivity contribution in [3.05, 3.63) is 81.0 Å². The Labute approximate surface area is 423 Å². The number of rotatable bonds is 12. The highest BCUT2D eigenvalue weighted by Gasteiger charge is 2.38. The van der Waals surface area contributed by atoms with Crippen molar-refractivity contribution in [2.75, 3.05) is 67.3 Å². The van der Waals surface area contributed by atoms with E-state index in [1.54, 1.807) is 76.7 Å². The van der Waals surface area contributed by atoms with Gasteiger partial charge in [-0.3, -0.25) is 9.59 Å². The number of amides is 2. The molecule has 2 aliphatic rings. The monoisotopic (exact) mass is 1020 g/mol. The molecule has 0 radical (unpaired) electrons. The summed E-state index contributed by atoms with van der Waals surface area (Å²) in [5.74, 6) is 3.46. The Morgan fingerprint density at radius 2 is 0.971 bits per heavy atom. The van der Waals surface area contributed by atoms with Crippen LogP contribution in [0.1, 0.15) is 40.0 Å². The Balaban J connectivity index is 0.000000224. The predicted molar refractivity (Wildman–Crippen MR) is 278 cm³/mol. The van der Waals surface area contributed by atoms with Crippen LogP contribution in [0, 0.1) is 17.8 Å². The molecular formula is C50H59Cl4N9O6. The molecular weight excluding hydrogens is 964 g/mol. The molecule has 4 aromatic carbocycles. The van der Waals surface area contributed by atoms with Gasteiger partial charge in [-0.25, -0.2) is 19.9 Å². The predicted octanol–water partition coefficient (Wildman–Crippen LogP) is 10.4. The highest BCUT2D eigenvalue weighted by molar-refractivity contribution is 6.42. The van der Waals surface area contributed by atoms with E-state index in [-0.39, 0.29) is 49.2 Å². The molecule has 2 saturated carbocycles. The zero-order chi connectivity index (χ0) is 49.1. The second kappa shape index (κ2) is 22.4. The first-order valence-corrected chi connectivity index (χ1v) is 23.4. The summed E-state index contributed by atoms with van der Waals surface area (Å²) < 4.78 is 21.5. The number of carbonyl (C=O) groups excluding carboxylic acids is 2. The lowest BCUT2D eigenvalue weighted by Gasteiger charge is -2.18. The fourth-order valence-electron chi connectivity index (χ4n) is 8.95. The molecule has 0 saturated heterocycles. The quantitative estimate of drug-likeness (QED) is 0.106. The molecule has 4 N–H and O–H groups in total. The molecule has 2 aliphatic carbocycles. The van der Waals surface area contributed by atoms with Crippen molar-refractivity contribution in [3.63, 3.8) is 0 Å². The Bertz CT molecular complexity index is 2610. The largest absolute Gasteiger partial charge is 0.495 e. The minimum absolute atomic E-state index is 0. The van der Waals surface area contributed by atoms with E-state index < -0.39 is 0 Å². The van der Waals surface area contributed by atoms with Crippen LogP contribution in [0.5, 0.6) is 23.0 Å². The van der Waals surface area contributed by atoms with Gasteiger partial charge >= 0.3 is 0 Å². The van der Waals surface area contributed by atoms with E-state index in [0.717, 1.165) is 45.8 Å². The van der Waals surface area contributed by atoms with Gasteiger partial charge in [0.1, 0.15) is 23.0 Å². The molecule has 15 nitrogen and oxygen atoms in total. The minimum Gasteiger partial charge on any atom is -0.495 e. The number of hydrogen-bond acceptors (Lipinski definition) is 13. The third-order valence-electron chi connectivity index (χ3n) is 12.6. The summed E-state index contributed by atoms with van der Waals surface area (Å²) >= 11 is 26.3. The van der Waals surface area contributed by atoms with Crippen molar-refractivity contribution in [2.24, 2.45) is 23.5 Å². The second-order valence-corrected chi connectivity index (χ2v) is 19.0. The number of anilines is 2. The van der Waals surface area contributed by atoms with Crippen LogP contribution >= 0.6 is 46.4 Å². The molecule has 69 heavy (non-hydrogen) atoms. The van der Waals surface area contributed by atoms with E-state index in [1.807, 2.05) is 36.4 Å². The van der Waals surface area contributed by atoms with Gasteiger partial charge in [-0.05, 0) is 67.0 Å². The minimum atomic E-state index is -0.150. The van der Waals surface area contributed by atoms with E-state index in [1.165, 1.54) is 14.2 Å². The van der Waals surface area contributed by atoms with Crippen molar-refractivity contribution in [1.29, 1.82) is 0 Å². The molecule has 2 heterocycles. The van der Waals surface area contributed by atoms with Crippen LogP contribution in [0.3, 0.4) is 0 Å². The van der Waals surface area contributed by atoms with E-state index >= 15 is 0 Å². The lowest BCUT2D eigenvalue weighted by Crippen LogP contribution is -2.35. The first kappa shape index (κ1) is 52.8. The number of methoxy groups -OCH3 is 4. The Morgan fingerprint density at radius 1 is 0.594 bits per heavy atom. The van der Waals surface area contributed by atoms with Crippen molar-refractivity contribution < 1.29 is 28.5 Å². The maximum Gasteiger partial charge on any atom is 0.225 e. The van der Waals surface area contributed by atoms with Gasteiger partial charge in [0.25, 0.3) is 0 Å². The smallest absolute Gasteiger partial charge is 0.225 e. The van der Waals surface area contributed by atoms with Crippen LogP contribution in [0.2, 0.25) is 20.1 Å². The van der Waals surface area contributed by atoms with Gasteiger partial charge in [0, 0.05) is 105 Å². The highest BCUT2D eigenvalue weighted by Crippen LogP contribution is 2.48. The Hall–Kier alpha value is -5.58. The number of nitrogens with one attached hydrogen (secondary N) is 2. The first-order chi connectivity index (χ1) is 32.5. The van der Waals surface area contributed by atoms with Crippen LogP contribution in [0.25, 0.3) is 44.1 Å². The number of benzene rings is 4. The molecule has 2 amide bonds. The number of nitrogens with zero attached hydrogens (tertiary/aromatic N) is 6. The topological polar surface area (TPSA) is 179 Å². The lowest BCUT2D eigenvalue weighted by atomic mass is 10.0. The number of halogens is 4. The van der Waals surface area contributed by atoms with Gasteiger partial charge in [0.15, 0.2) is 0 Å². The van der Waals surface area contributed by atoms with Crippen LogP contribution in [0.15, 0.2) is 60.9 Å². The number of ether oxygens (including phenoxy) is 4. The summed E-state index contributed by atoms with van der Waals surface area (Å²) in [4.78, 5) is 46.3. The van der Waals surface area contributed by atoms with E-state index in [0.29, 0.717) is 84.9 Å². The first-order valence-electron chi connectivity index (χ1n) is 21.9. The number of nitrogens with two attached hydrogens (primary N) is 1. The van der Waals surface area contributed by atoms with Crippen LogP contribution in [-0.4, -0.2) is 116 Å². The average molecular weight is 1020 g/mol. The van der Waals surface area contributed by atoms with Crippen LogP contribution in [0.4, 0.5) is 11.9 Å². The van der Waals surface area contributed by atoms with Crippen molar-refractivity contribution in [3.8, 4) is 45.3 Å². The van der Waals surface area contributed by atoms with E-state index in [9.17, 15) is 9.59 Å². The molecule has 0 aliphatic heterocycles. The van der Waals surface area contributed by atoms with Gasteiger partial charge in [-0.15, -0.1) is 0 Å². The van der Waals surface area contributed by atoms with Gasteiger partial charge in [0.2, 0.25) is 23.7 Å². The SMILES string of the molecule is C.COc1cc(OC)c(Cl)c(-c2ccc3nc(NC4C[C@@H](C(=O)N(C)C)CC4C)ncc3c2)c1Cl.COc1cc(OC)c(Cl)c(-c2ccc3nc(NC4C[C@@H](C(=O)N(C)C)CC4N)ncc3c2)c1Cl. The van der Waals surface area contributed by atoms with Crippen molar-refractivity contribution >= 4 is 91.9 Å². The number of fused-ring (bicyclic) bond motifs is 2. The molecule has 6 atom stereocenters. The molecule has 2 aromatic heterocycles. The van der Waals surface area contributed by atoms with E-state index in [2.05, 4.69) is 32.5 Å². The van der Waals surface area contributed by atoms with Crippen molar-refractivity contribution in [2.45, 2.75) is 58.2 Å². The maximum absolute atomic E-state index is 12.4. The summed E-state index contributed by atoms with van der Waals surface area (Å²) in [6, 6.07) is 14.7. The second-order valence-electron chi connectivity index (χ2n) is 17.4. The average Bonchev–Trinajstić information content (AvgIpc) is 3.88. The molecule has 19 heteroatoms.